The van der Waals surface area contributed by atoms with Crippen molar-refractivity contribution in [2.75, 3.05) is 0 Å². The van der Waals surface area contributed by atoms with Crippen molar-refractivity contribution in [2.45, 2.75) is 13.3 Å². The van der Waals surface area contributed by atoms with E-state index in [4.69, 9.17) is 11.6 Å². The lowest BCUT2D eigenvalue weighted by Gasteiger charge is -2.07. The average molecular weight is 295 g/mol. The summed E-state index contributed by atoms with van der Waals surface area (Å²) in [6.07, 6.45) is 0.688. The van der Waals surface area contributed by atoms with Crippen molar-refractivity contribution in [1.29, 1.82) is 0 Å². The Kier molecular flexibility index (Phi) is 3.98. The molecule has 21 heavy (non-hydrogen) atoms. The first-order valence-corrected chi connectivity index (χ1v) is 7.23. The molecule has 0 radical (unpaired) electrons. The molecule has 104 valence electrons. The highest BCUT2D eigenvalue weighted by molar-refractivity contribution is 6.29. The summed E-state index contributed by atoms with van der Waals surface area (Å²) in [5.41, 5.74) is 4.37. The third-order valence-corrected chi connectivity index (χ3v) is 3.61. The molecule has 1 aromatic heterocycles. The maximum atomic E-state index is 6.15. The van der Waals surface area contributed by atoms with E-state index in [0.29, 0.717) is 11.6 Å². The molecule has 0 saturated heterocycles. The van der Waals surface area contributed by atoms with E-state index < -0.39 is 0 Å². The van der Waals surface area contributed by atoms with Crippen LogP contribution in [0, 0.1) is 6.92 Å². The van der Waals surface area contributed by atoms with Crippen LogP contribution < -0.4 is 0 Å². The predicted octanol–water partition coefficient (Wildman–Crippen LogP) is 4.70. The first-order chi connectivity index (χ1) is 10.2. The van der Waals surface area contributed by atoms with E-state index in [1.807, 2.05) is 42.5 Å². The molecule has 0 atom stereocenters. The standard InChI is InChI=1S/C18H15ClN2/c1-13-7-5-6-10-15(13)11-18-20-16(12-17(19)21-18)14-8-3-2-4-9-14/h2-10,12H,11H2,1H3. The minimum Gasteiger partial charge on any atom is -0.232 e. The van der Waals surface area contributed by atoms with E-state index in [1.165, 1.54) is 11.1 Å². The Labute approximate surface area is 129 Å². The number of nitrogens with zero attached hydrogens (tertiary/aromatic N) is 2. The highest BCUT2D eigenvalue weighted by atomic mass is 35.5. The van der Waals surface area contributed by atoms with Crippen molar-refractivity contribution in [3.8, 4) is 11.3 Å². The highest BCUT2D eigenvalue weighted by Gasteiger charge is 2.07. The number of aryl methyl sites for hydroxylation is 1. The van der Waals surface area contributed by atoms with Gasteiger partial charge < -0.3 is 0 Å². The lowest BCUT2D eigenvalue weighted by molar-refractivity contribution is 0.965. The van der Waals surface area contributed by atoms with Crippen LogP contribution in [0.2, 0.25) is 5.15 Å². The van der Waals surface area contributed by atoms with Crippen LogP contribution in [0.5, 0.6) is 0 Å². The van der Waals surface area contributed by atoms with Gasteiger partial charge in [0.15, 0.2) is 0 Å². The summed E-state index contributed by atoms with van der Waals surface area (Å²) < 4.78 is 0. The molecule has 0 saturated carbocycles. The largest absolute Gasteiger partial charge is 0.232 e. The van der Waals surface area contributed by atoms with Crippen LogP contribution >= 0.6 is 11.6 Å². The van der Waals surface area contributed by atoms with Gasteiger partial charge in [-0.2, -0.15) is 0 Å². The van der Waals surface area contributed by atoms with Crippen LogP contribution in [0.1, 0.15) is 17.0 Å². The van der Waals surface area contributed by atoms with Crippen LogP contribution in [-0.2, 0) is 6.42 Å². The number of hydrogen-bond donors (Lipinski definition) is 0. The van der Waals surface area contributed by atoms with E-state index in [9.17, 15) is 0 Å². The van der Waals surface area contributed by atoms with Gasteiger partial charge in [-0.05, 0) is 18.1 Å². The minimum absolute atomic E-state index is 0.479. The summed E-state index contributed by atoms with van der Waals surface area (Å²) in [5.74, 6) is 0.746. The van der Waals surface area contributed by atoms with E-state index in [1.54, 1.807) is 6.07 Å². The summed E-state index contributed by atoms with van der Waals surface area (Å²) in [6.45, 7) is 2.10. The molecule has 0 unspecified atom stereocenters. The van der Waals surface area contributed by atoms with Gasteiger partial charge in [0.1, 0.15) is 11.0 Å². The molecule has 2 aromatic carbocycles. The summed E-state index contributed by atoms with van der Waals surface area (Å²) in [4.78, 5) is 8.99. The number of aromatic nitrogens is 2. The Balaban J connectivity index is 1.97. The lowest BCUT2D eigenvalue weighted by Crippen LogP contribution is -2.00. The predicted molar refractivity (Wildman–Crippen MR) is 86.5 cm³/mol. The molecule has 0 aliphatic rings. The number of rotatable bonds is 3. The van der Waals surface area contributed by atoms with Gasteiger partial charge in [0.05, 0.1) is 5.69 Å². The van der Waals surface area contributed by atoms with Gasteiger partial charge in [-0.3, -0.25) is 0 Å². The van der Waals surface area contributed by atoms with Crippen LogP contribution in [-0.4, -0.2) is 9.97 Å². The molecule has 1 heterocycles. The number of benzene rings is 2. The zero-order chi connectivity index (χ0) is 14.7. The quantitative estimate of drug-likeness (QED) is 0.655. The summed E-state index contributed by atoms with van der Waals surface area (Å²) in [6, 6.07) is 20.1. The fourth-order valence-electron chi connectivity index (χ4n) is 2.28. The van der Waals surface area contributed by atoms with Crippen molar-refractivity contribution in [1.82, 2.24) is 9.97 Å². The first-order valence-electron chi connectivity index (χ1n) is 6.86. The Morgan fingerprint density at radius 2 is 1.62 bits per heavy atom. The van der Waals surface area contributed by atoms with Crippen LogP contribution in [0.4, 0.5) is 0 Å². The van der Waals surface area contributed by atoms with Crippen LogP contribution in [0.25, 0.3) is 11.3 Å². The molecule has 0 fully saturated rings. The second kappa shape index (κ2) is 6.06. The SMILES string of the molecule is Cc1ccccc1Cc1nc(Cl)cc(-c2ccccc2)n1. The van der Waals surface area contributed by atoms with Crippen LogP contribution in [0.3, 0.4) is 0 Å². The smallest absolute Gasteiger partial charge is 0.135 e. The van der Waals surface area contributed by atoms with Crippen molar-refractivity contribution < 1.29 is 0 Å². The lowest BCUT2D eigenvalue weighted by atomic mass is 10.1. The molecule has 0 spiro atoms. The van der Waals surface area contributed by atoms with Gasteiger partial charge in [-0.25, -0.2) is 9.97 Å². The third kappa shape index (κ3) is 3.29. The van der Waals surface area contributed by atoms with Crippen molar-refractivity contribution in [3.63, 3.8) is 0 Å². The average Bonchev–Trinajstić information content (AvgIpc) is 2.50. The molecule has 2 nitrogen and oxygen atoms in total. The molecular weight excluding hydrogens is 280 g/mol. The molecule has 3 aromatic rings. The van der Waals surface area contributed by atoms with E-state index >= 15 is 0 Å². The number of hydrogen-bond acceptors (Lipinski definition) is 2. The second-order valence-electron chi connectivity index (χ2n) is 4.96. The Morgan fingerprint density at radius 3 is 2.38 bits per heavy atom. The monoisotopic (exact) mass is 294 g/mol. The minimum atomic E-state index is 0.479. The van der Waals surface area contributed by atoms with Crippen LogP contribution in [0.15, 0.2) is 60.7 Å². The highest BCUT2D eigenvalue weighted by Crippen LogP contribution is 2.21. The fraction of sp³-hybridized carbons (Fsp3) is 0.111. The Morgan fingerprint density at radius 1 is 0.905 bits per heavy atom. The fourth-order valence-corrected chi connectivity index (χ4v) is 2.48. The van der Waals surface area contributed by atoms with Crippen molar-refractivity contribution >= 4 is 11.6 Å². The summed E-state index contributed by atoms with van der Waals surface area (Å²) >= 11 is 6.15. The van der Waals surface area contributed by atoms with E-state index in [2.05, 4.69) is 29.0 Å². The third-order valence-electron chi connectivity index (χ3n) is 3.42. The number of halogens is 1. The molecule has 3 heteroatoms. The maximum Gasteiger partial charge on any atom is 0.135 e. The van der Waals surface area contributed by atoms with Gasteiger partial charge in [0.25, 0.3) is 0 Å². The molecular formula is C18H15ClN2. The maximum absolute atomic E-state index is 6.15. The summed E-state index contributed by atoms with van der Waals surface area (Å²) in [7, 11) is 0. The van der Waals surface area contributed by atoms with E-state index in [0.717, 1.165) is 17.1 Å². The molecule has 0 amide bonds. The van der Waals surface area contributed by atoms with Crippen molar-refractivity contribution in [2.24, 2.45) is 0 Å². The molecule has 0 N–H and O–H groups in total. The van der Waals surface area contributed by atoms with Gasteiger partial charge in [-0.15, -0.1) is 0 Å². The van der Waals surface area contributed by atoms with Crippen molar-refractivity contribution in [3.05, 3.63) is 82.8 Å². The molecule has 0 aliphatic carbocycles. The molecule has 0 bridgehead atoms. The Hall–Kier alpha value is -2.19. The zero-order valence-corrected chi connectivity index (χ0v) is 12.5. The molecule has 0 aliphatic heterocycles. The zero-order valence-electron chi connectivity index (χ0n) is 11.8. The van der Waals surface area contributed by atoms with Gasteiger partial charge in [-0.1, -0.05) is 66.2 Å². The second-order valence-corrected chi connectivity index (χ2v) is 5.35. The van der Waals surface area contributed by atoms with Gasteiger partial charge in [0, 0.05) is 18.1 Å². The van der Waals surface area contributed by atoms with E-state index in [-0.39, 0.29) is 0 Å². The summed E-state index contributed by atoms with van der Waals surface area (Å²) in [5, 5.41) is 0.479. The van der Waals surface area contributed by atoms with Gasteiger partial charge >= 0.3 is 0 Å². The topological polar surface area (TPSA) is 25.8 Å². The normalized spacial score (nSPS) is 10.6. The first kappa shape index (κ1) is 13.8. The van der Waals surface area contributed by atoms with Gasteiger partial charge in [0.2, 0.25) is 0 Å². The Bertz CT molecular complexity index is 754. The molecule has 3 rings (SSSR count).